The van der Waals surface area contributed by atoms with Crippen LogP contribution in [0.2, 0.25) is 0 Å². The van der Waals surface area contributed by atoms with E-state index in [1.54, 1.807) is 29.9 Å². The first kappa shape index (κ1) is 17.2. The van der Waals surface area contributed by atoms with Gasteiger partial charge >= 0.3 is 11.8 Å². The zero-order chi connectivity index (χ0) is 17.9. The molecule has 2 N–H and O–H groups in total. The summed E-state index contributed by atoms with van der Waals surface area (Å²) in [6, 6.07) is 6.87. The highest BCUT2D eigenvalue weighted by atomic mass is 16.2. The van der Waals surface area contributed by atoms with Crippen LogP contribution >= 0.6 is 0 Å². The Hall–Kier alpha value is -3.14. The summed E-state index contributed by atoms with van der Waals surface area (Å²) in [7, 11) is 0. The lowest BCUT2D eigenvalue weighted by atomic mass is 10.1. The fourth-order valence-electron chi connectivity index (χ4n) is 1.95. The fraction of sp³-hybridized carbons (Fsp3) is 0.294. The first-order chi connectivity index (χ1) is 11.2. The van der Waals surface area contributed by atoms with Crippen molar-refractivity contribution in [1.29, 1.82) is 5.26 Å². The second kappa shape index (κ2) is 6.54. The average Bonchev–Trinajstić information content (AvgIpc) is 2.98. The molecule has 0 saturated carbocycles. The van der Waals surface area contributed by atoms with Crippen molar-refractivity contribution in [2.24, 2.45) is 0 Å². The van der Waals surface area contributed by atoms with Crippen LogP contribution in [0.25, 0.3) is 0 Å². The molecule has 0 fully saturated rings. The molecule has 0 bridgehead atoms. The number of nitriles is 1. The first-order valence-electron chi connectivity index (χ1n) is 7.39. The van der Waals surface area contributed by atoms with Crippen LogP contribution in [0, 0.1) is 18.3 Å². The van der Waals surface area contributed by atoms with E-state index in [1.807, 2.05) is 26.8 Å². The van der Waals surface area contributed by atoms with Gasteiger partial charge in [0.25, 0.3) is 0 Å². The number of carbonyl (C=O) groups is 2. The van der Waals surface area contributed by atoms with Gasteiger partial charge in [-0.2, -0.15) is 10.4 Å². The third-order valence-corrected chi connectivity index (χ3v) is 3.35. The Morgan fingerprint density at radius 3 is 2.46 bits per heavy atom. The van der Waals surface area contributed by atoms with Crippen molar-refractivity contribution < 1.29 is 9.59 Å². The van der Waals surface area contributed by atoms with Gasteiger partial charge in [0.15, 0.2) is 0 Å². The Bertz CT molecular complexity index is 824. The number of aromatic nitrogens is 2. The minimum absolute atomic E-state index is 0.222. The van der Waals surface area contributed by atoms with Gasteiger partial charge in [-0.05, 0) is 45.4 Å². The molecule has 124 valence electrons. The van der Waals surface area contributed by atoms with E-state index in [2.05, 4.69) is 15.7 Å². The molecule has 0 atom stereocenters. The molecule has 0 saturated heterocycles. The molecule has 24 heavy (non-hydrogen) atoms. The second-order valence-electron chi connectivity index (χ2n) is 6.39. The smallest absolute Gasteiger partial charge is 0.314 e. The third kappa shape index (κ3) is 3.98. The van der Waals surface area contributed by atoms with E-state index in [4.69, 9.17) is 5.26 Å². The molecule has 1 heterocycles. The van der Waals surface area contributed by atoms with Gasteiger partial charge < -0.3 is 10.6 Å². The van der Waals surface area contributed by atoms with Gasteiger partial charge in [0.1, 0.15) is 0 Å². The van der Waals surface area contributed by atoms with E-state index >= 15 is 0 Å². The van der Waals surface area contributed by atoms with E-state index in [9.17, 15) is 9.59 Å². The molecule has 0 spiro atoms. The van der Waals surface area contributed by atoms with E-state index in [-0.39, 0.29) is 5.54 Å². The summed E-state index contributed by atoms with van der Waals surface area (Å²) < 4.78 is 1.70. The number of rotatable bonds is 2. The molecule has 7 heteroatoms. The Labute approximate surface area is 140 Å². The second-order valence-corrected chi connectivity index (χ2v) is 6.39. The lowest BCUT2D eigenvalue weighted by Gasteiger charge is -2.18. The molecule has 0 unspecified atom stereocenters. The van der Waals surface area contributed by atoms with Crippen LogP contribution < -0.4 is 10.6 Å². The first-order valence-corrected chi connectivity index (χ1v) is 7.39. The molecule has 1 aromatic carbocycles. The van der Waals surface area contributed by atoms with Gasteiger partial charge in [-0.15, -0.1) is 0 Å². The maximum absolute atomic E-state index is 12.0. The summed E-state index contributed by atoms with van der Waals surface area (Å²) in [5, 5.41) is 18.1. The summed E-state index contributed by atoms with van der Waals surface area (Å²) in [5.74, 6) is -1.61. The number of amides is 2. The minimum atomic E-state index is -0.809. The fourth-order valence-corrected chi connectivity index (χ4v) is 1.95. The van der Waals surface area contributed by atoms with Crippen LogP contribution in [-0.2, 0) is 15.1 Å². The predicted octanol–water partition coefficient (Wildman–Crippen LogP) is 2.40. The number of nitrogens with one attached hydrogen (secondary N) is 2. The zero-order valence-electron chi connectivity index (χ0n) is 14.0. The number of nitrogens with zero attached hydrogens (tertiary/aromatic N) is 3. The van der Waals surface area contributed by atoms with Crippen LogP contribution in [0.5, 0.6) is 0 Å². The van der Waals surface area contributed by atoms with Crippen molar-refractivity contribution in [2.75, 3.05) is 10.6 Å². The summed E-state index contributed by atoms with van der Waals surface area (Å²) >= 11 is 0. The molecule has 0 aliphatic heterocycles. The normalized spacial score (nSPS) is 10.8. The van der Waals surface area contributed by atoms with Crippen molar-refractivity contribution in [2.45, 2.75) is 33.2 Å². The molecule has 0 aliphatic carbocycles. The zero-order valence-corrected chi connectivity index (χ0v) is 14.0. The monoisotopic (exact) mass is 325 g/mol. The van der Waals surface area contributed by atoms with Crippen LogP contribution in [0.3, 0.4) is 0 Å². The van der Waals surface area contributed by atoms with Crippen LogP contribution in [0.1, 0.15) is 31.9 Å². The SMILES string of the molecule is Cc1ccc(C#N)cc1NC(=O)C(=O)Nc1cnn(C(C)(C)C)c1. The van der Waals surface area contributed by atoms with E-state index < -0.39 is 11.8 Å². The maximum Gasteiger partial charge on any atom is 0.314 e. The van der Waals surface area contributed by atoms with Gasteiger partial charge in [0, 0.05) is 11.9 Å². The number of hydrogen-bond acceptors (Lipinski definition) is 4. The topological polar surface area (TPSA) is 99.8 Å². The summed E-state index contributed by atoms with van der Waals surface area (Å²) in [4.78, 5) is 24.1. The molecule has 7 nitrogen and oxygen atoms in total. The highest BCUT2D eigenvalue weighted by Crippen LogP contribution is 2.17. The molecule has 2 rings (SSSR count). The Morgan fingerprint density at radius 1 is 1.21 bits per heavy atom. The van der Waals surface area contributed by atoms with Crippen molar-refractivity contribution in [3.8, 4) is 6.07 Å². The van der Waals surface area contributed by atoms with Crippen LogP contribution in [0.15, 0.2) is 30.6 Å². The molecule has 2 amide bonds. The summed E-state index contributed by atoms with van der Waals surface area (Å²) in [6.07, 6.45) is 3.14. The highest BCUT2D eigenvalue weighted by Gasteiger charge is 2.18. The molecule has 0 radical (unpaired) electrons. The van der Waals surface area contributed by atoms with E-state index in [0.29, 0.717) is 16.9 Å². The van der Waals surface area contributed by atoms with E-state index in [0.717, 1.165) is 5.56 Å². The Morgan fingerprint density at radius 2 is 1.88 bits per heavy atom. The lowest BCUT2D eigenvalue weighted by molar-refractivity contribution is -0.133. The number of benzene rings is 1. The number of aryl methyl sites for hydroxylation is 1. The van der Waals surface area contributed by atoms with E-state index in [1.165, 1.54) is 12.3 Å². The maximum atomic E-state index is 12.0. The Balaban J connectivity index is 2.07. The molecule has 1 aromatic heterocycles. The number of anilines is 2. The van der Waals surface area contributed by atoms with Crippen molar-refractivity contribution in [3.63, 3.8) is 0 Å². The van der Waals surface area contributed by atoms with Crippen LogP contribution in [0.4, 0.5) is 11.4 Å². The molecule has 0 aliphatic rings. The van der Waals surface area contributed by atoms with Gasteiger partial charge in [-0.3, -0.25) is 14.3 Å². The van der Waals surface area contributed by atoms with Gasteiger partial charge in [-0.25, -0.2) is 0 Å². The molecule has 2 aromatic rings. The molecular weight excluding hydrogens is 306 g/mol. The quantitative estimate of drug-likeness (QED) is 0.828. The number of hydrogen-bond donors (Lipinski definition) is 2. The van der Waals surface area contributed by atoms with Crippen LogP contribution in [-0.4, -0.2) is 21.6 Å². The molecular formula is C17H19N5O2. The summed E-state index contributed by atoms with van der Waals surface area (Å²) in [6.45, 7) is 7.71. The van der Waals surface area contributed by atoms with Crippen molar-refractivity contribution in [1.82, 2.24) is 9.78 Å². The lowest BCUT2D eigenvalue weighted by Crippen LogP contribution is -2.29. The van der Waals surface area contributed by atoms with Gasteiger partial charge in [0.05, 0.1) is 29.1 Å². The average molecular weight is 325 g/mol. The Kier molecular flexibility index (Phi) is 4.69. The van der Waals surface area contributed by atoms with Crippen molar-refractivity contribution >= 4 is 23.2 Å². The standard InChI is InChI=1S/C17H19N5O2/c1-11-5-6-12(8-18)7-14(11)21-16(24)15(23)20-13-9-19-22(10-13)17(2,3)4/h5-7,9-10H,1-4H3,(H,20,23)(H,21,24). The minimum Gasteiger partial charge on any atom is -0.317 e. The predicted molar refractivity (Wildman–Crippen MR) is 90.4 cm³/mol. The highest BCUT2D eigenvalue weighted by molar-refractivity contribution is 6.43. The third-order valence-electron chi connectivity index (χ3n) is 3.35. The summed E-state index contributed by atoms with van der Waals surface area (Å²) in [5.41, 5.74) is 1.81. The van der Waals surface area contributed by atoms with Gasteiger partial charge in [-0.1, -0.05) is 6.07 Å². The number of carbonyl (C=O) groups excluding carboxylic acids is 2. The largest absolute Gasteiger partial charge is 0.317 e. The van der Waals surface area contributed by atoms with Gasteiger partial charge in [0.2, 0.25) is 0 Å². The van der Waals surface area contributed by atoms with Crippen molar-refractivity contribution in [3.05, 3.63) is 41.7 Å².